The number of hydrogen-bond acceptors (Lipinski definition) is 3. The summed E-state index contributed by atoms with van der Waals surface area (Å²) in [4.78, 5) is 17.2. The van der Waals surface area contributed by atoms with Gasteiger partial charge in [0.2, 0.25) is 0 Å². The fourth-order valence-electron chi connectivity index (χ4n) is 3.77. The Morgan fingerprint density at radius 3 is 2.61 bits per heavy atom. The number of carbonyl (C=O) groups is 1. The highest BCUT2D eigenvalue weighted by atomic mass is 35.5. The molecule has 3 aromatic carbocycles. The first-order chi connectivity index (χ1) is 16.0. The predicted molar refractivity (Wildman–Crippen MR) is 133 cm³/mol. The standard InChI is InChI=1S/C27H28ClN3O2/c1-19-8-13-23(18-20(19)2)33-17-5-16-31-25-7-4-3-6-24(25)30-26(31)14-15-29-27(32)21-9-11-22(28)12-10-21/h3-4,6-13,18H,5,14-17H2,1-2H3,(H,29,32). The minimum Gasteiger partial charge on any atom is -0.494 e. The number of aryl methyl sites for hydroxylation is 3. The van der Waals surface area contributed by atoms with Gasteiger partial charge in [0.15, 0.2) is 0 Å². The van der Waals surface area contributed by atoms with Crippen LogP contribution >= 0.6 is 11.6 Å². The molecule has 1 amide bonds. The molecule has 0 saturated carbocycles. The van der Waals surface area contributed by atoms with Crippen LogP contribution in [0.25, 0.3) is 11.0 Å². The number of fused-ring (bicyclic) bond motifs is 1. The Labute approximate surface area is 199 Å². The number of aromatic nitrogens is 2. The zero-order valence-electron chi connectivity index (χ0n) is 19.0. The second-order valence-corrected chi connectivity index (χ2v) is 8.57. The van der Waals surface area contributed by atoms with E-state index in [2.05, 4.69) is 41.9 Å². The van der Waals surface area contributed by atoms with Crippen LogP contribution < -0.4 is 10.1 Å². The van der Waals surface area contributed by atoms with E-state index in [1.807, 2.05) is 24.3 Å². The highest BCUT2D eigenvalue weighted by Crippen LogP contribution is 2.19. The van der Waals surface area contributed by atoms with Gasteiger partial charge in [0, 0.05) is 30.1 Å². The van der Waals surface area contributed by atoms with E-state index in [9.17, 15) is 4.79 Å². The first-order valence-electron chi connectivity index (χ1n) is 11.2. The van der Waals surface area contributed by atoms with Crippen LogP contribution in [-0.2, 0) is 13.0 Å². The van der Waals surface area contributed by atoms with Crippen LogP contribution in [0.1, 0.15) is 33.7 Å². The summed E-state index contributed by atoms with van der Waals surface area (Å²) >= 11 is 5.91. The van der Waals surface area contributed by atoms with Crippen molar-refractivity contribution in [3.63, 3.8) is 0 Å². The van der Waals surface area contributed by atoms with Crippen molar-refractivity contribution in [3.8, 4) is 5.75 Å². The Bertz CT molecular complexity index is 1250. The third kappa shape index (κ3) is 5.74. The number of amides is 1. The van der Waals surface area contributed by atoms with Crippen LogP contribution in [0.2, 0.25) is 5.02 Å². The number of imidazole rings is 1. The normalized spacial score (nSPS) is 11.0. The second-order valence-electron chi connectivity index (χ2n) is 8.13. The summed E-state index contributed by atoms with van der Waals surface area (Å²) in [5.41, 5.74) is 5.15. The SMILES string of the molecule is Cc1ccc(OCCCn2c(CCNC(=O)c3ccc(Cl)cc3)nc3ccccc32)cc1C. The number of halogens is 1. The Morgan fingerprint density at radius 2 is 1.82 bits per heavy atom. The van der Waals surface area contributed by atoms with Gasteiger partial charge in [-0.2, -0.15) is 0 Å². The lowest BCUT2D eigenvalue weighted by Crippen LogP contribution is -2.26. The lowest BCUT2D eigenvalue weighted by molar-refractivity contribution is 0.0954. The van der Waals surface area contributed by atoms with E-state index >= 15 is 0 Å². The van der Waals surface area contributed by atoms with E-state index in [-0.39, 0.29) is 5.91 Å². The summed E-state index contributed by atoms with van der Waals surface area (Å²) in [5.74, 6) is 1.74. The lowest BCUT2D eigenvalue weighted by Gasteiger charge is -2.12. The Morgan fingerprint density at radius 1 is 1.03 bits per heavy atom. The largest absolute Gasteiger partial charge is 0.494 e. The van der Waals surface area contributed by atoms with E-state index in [1.165, 1.54) is 11.1 Å². The molecule has 0 spiro atoms. The van der Waals surface area contributed by atoms with Gasteiger partial charge in [-0.3, -0.25) is 4.79 Å². The molecule has 1 aromatic heterocycles. The van der Waals surface area contributed by atoms with Crippen molar-refractivity contribution >= 4 is 28.5 Å². The van der Waals surface area contributed by atoms with Crippen molar-refractivity contribution in [1.29, 1.82) is 0 Å². The van der Waals surface area contributed by atoms with Gasteiger partial charge in [0.05, 0.1) is 17.6 Å². The molecule has 0 aliphatic rings. The molecule has 0 bridgehead atoms. The topological polar surface area (TPSA) is 56.1 Å². The van der Waals surface area contributed by atoms with Crippen LogP contribution in [0, 0.1) is 13.8 Å². The minimum absolute atomic E-state index is 0.115. The number of carbonyl (C=O) groups excluding carboxylic acids is 1. The molecule has 0 saturated heterocycles. The minimum atomic E-state index is -0.115. The van der Waals surface area contributed by atoms with Gasteiger partial charge in [0.25, 0.3) is 5.91 Å². The van der Waals surface area contributed by atoms with Crippen molar-refractivity contribution in [2.45, 2.75) is 33.2 Å². The Kier molecular flexibility index (Phi) is 7.30. The molecule has 0 fully saturated rings. The number of hydrogen-bond donors (Lipinski definition) is 1. The summed E-state index contributed by atoms with van der Waals surface area (Å²) in [5, 5.41) is 3.59. The summed E-state index contributed by atoms with van der Waals surface area (Å²) in [6, 6.07) is 21.2. The quantitative estimate of drug-likeness (QED) is 0.323. The smallest absolute Gasteiger partial charge is 0.251 e. The number of para-hydroxylation sites is 2. The molecule has 4 rings (SSSR count). The van der Waals surface area contributed by atoms with E-state index in [4.69, 9.17) is 21.3 Å². The molecule has 6 heteroatoms. The number of benzene rings is 3. The monoisotopic (exact) mass is 461 g/mol. The van der Waals surface area contributed by atoms with Crippen LogP contribution in [-0.4, -0.2) is 28.6 Å². The molecular weight excluding hydrogens is 434 g/mol. The van der Waals surface area contributed by atoms with E-state index in [0.29, 0.717) is 30.2 Å². The van der Waals surface area contributed by atoms with Crippen molar-refractivity contribution in [2.24, 2.45) is 0 Å². The maximum atomic E-state index is 12.4. The summed E-state index contributed by atoms with van der Waals surface area (Å²) in [6.07, 6.45) is 1.50. The van der Waals surface area contributed by atoms with Gasteiger partial charge < -0.3 is 14.6 Å². The second kappa shape index (κ2) is 10.5. The van der Waals surface area contributed by atoms with Crippen LogP contribution in [0.15, 0.2) is 66.7 Å². The third-order valence-electron chi connectivity index (χ3n) is 5.75. The molecule has 0 unspecified atom stereocenters. The van der Waals surface area contributed by atoms with Gasteiger partial charge in [0.1, 0.15) is 11.6 Å². The fourth-order valence-corrected chi connectivity index (χ4v) is 3.90. The first-order valence-corrected chi connectivity index (χ1v) is 11.6. The number of ether oxygens (including phenoxy) is 1. The van der Waals surface area contributed by atoms with Crippen molar-refractivity contribution in [2.75, 3.05) is 13.2 Å². The van der Waals surface area contributed by atoms with Crippen LogP contribution in [0.3, 0.4) is 0 Å². The zero-order chi connectivity index (χ0) is 23.2. The zero-order valence-corrected chi connectivity index (χ0v) is 19.7. The van der Waals surface area contributed by atoms with Gasteiger partial charge in [-0.05, 0) is 79.9 Å². The van der Waals surface area contributed by atoms with E-state index < -0.39 is 0 Å². The fraction of sp³-hybridized carbons (Fsp3) is 0.259. The third-order valence-corrected chi connectivity index (χ3v) is 6.00. The van der Waals surface area contributed by atoms with Gasteiger partial charge in [-0.15, -0.1) is 0 Å². The van der Waals surface area contributed by atoms with Gasteiger partial charge in [-0.1, -0.05) is 29.8 Å². The van der Waals surface area contributed by atoms with Crippen molar-refractivity contribution in [1.82, 2.24) is 14.9 Å². The maximum absolute atomic E-state index is 12.4. The molecule has 170 valence electrons. The van der Waals surface area contributed by atoms with Crippen LogP contribution in [0.5, 0.6) is 5.75 Å². The molecule has 33 heavy (non-hydrogen) atoms. The molecule has 0 radical (unpaired) electrons. The van der Waals surface area contributed by atoms with E-state index in [0.717, 1.165) is 35.6 Å². The van der Waals surface area contributed by atoms with Crippen molar-refractivity contribution in [3.05, 3.63) is 94.3 Å². The Balaban J connectivity index is 1.37. The summed E-state index contributed by atoms with van der Waals surface area (Å²) in [6.45, 7) is 6.12. The molecule has 0 aliphatic carbocycles. The number of nitrogens with one attached hydrogen (secondary N) is 1. The predicted octanol–water partition coefficient (Wildman–Crippen LogP) is 5.75. The Hall–Kier alpha value is -3.31. The molecule has 0 atom stereocenters. The lowest BCUT2D eigenvalue weighted by atomic mass is 10.1. The summed E-state index contributed by atoms with van der Waals surface area (Å²) in [7, 11) is 0. The van der Waals surface area contributed by atoms with E-state index in [1.54, 1.807) is 24.3 Å². The first kappa shape index (κ1) is 22.9. The summed E-state index contributed by atoms with van der Waals surface area (Å²) < 4.78 is 8.19. The molecule has 0 aliphatic heterocycles. The van der Waals surface area contributed by atoms with Crippen molar-refractivity contribution < 1.29 is 9.53 Å². The molecule has 1 N–H and O–H groups in total. The molecule has 5 nitrogen and oxygen atoms in total. The van der Waals surface area contributed by atoms with Crippen LogP contribution in [0.4, 0.5) is 0 Å². The molecular formula is C27H28ClN3O2. The molecule has 4 aromatic rings. The maximum Gasteiger partial charge on any atom is 0.251 e. The van der Waals surface area contributed by atoms with Gasteiger partial charge >= 0.3 is 0 Å². The number of nitrogens with zero attached hydrogens (tertiary/aromatic N) is 2. The highest BCUT2D eigenvalue weighted by Gasteiger charge is 2.11. The average Bonchev–Trinajstić information content (AvgIpc) is 3.16. The highest BCUT2D eigenvalue weighted by molar-refractivity contribution is 6.30. The average molecular weight is 462 g/mol. The number of rotatable bonds is 9. The van der Waals surface area contributed by atoms with Gasteiger partial charge in [-0.25, -0.2) is 4.98 Å². The molecule has 1 heterocycles.